The molecule has 2 aromatic carbocycles. The highest BCUT2D eigenvalue weighted by molar-refractivity contribution is 6.30. The van der Waals surface area contributed by atoms with Gasteiger partial charge in [0, 0.05) is 16.3 Å². The van der Waals surface area contributed by atoms with E-state index < -0.39 is 24.4 Å². The zero-order valence-electron chi connectivity index (χ0n) is 14.5. The molecule has 0 aromatic heterocycles. The molecule has 0 spiro atoms. The van der Waals surface area contributed by atoms with Gasteiger partial charge in [-0.15, -0.1) is 0 Å². The topological polar surface area (TPSA) is 84.5 Å². The Hall–Kier alpha value is -2.86. The molecule has 2 N–H and O–H groups in total. The van der Waals surface area contributed by atoms with Crippen LogP contribution in [0.2, 0.25) is 5.02 Å². The lowest BCUT2D eigenvalue weighted by molar-refractivity contribution is -0.146. The molecule has 136 valence electrons. The fourth-order valence-electron chi connectivity index (χ4n) is 2.11. The second kappa shape index (κ2) is 9.01. The van der Waals surface area contributed by atoms with Gasteiger partial charge in [-0.05, 0) is 55.3 Å². The second-order valence-electron chi connectivity index (χ2n) is 5.72. The van der Waals surface area contributed by atoms with E-state index in [2.05, 4.69) is 10.6 Å². The van der Waals surface area contributed by atoms with Crippen LogP contribution in [0.5, 0.6) is 0 Å². The molecule has 0 bridgehead atoms. The fourth-order valence-corrected chi connectivity index (χ4v) is 2.24. The molecule has 0 radical (unpaired) electrons. The summed E-state index contributed by atoms with van der Waals surface area (Å²) in [6, 6.07) is 11.9. The average molecular weight is 375 g/mol. The van der Waals surface area contributed by atoms with Gasteiger partial charge in [0.2, 0.25) is 0 Å². The van der Waals surface area contributed by atoms with Crippen molar-refractivity contribution in [3.05, 3.63) is 64.2 Å². The van der Waals surface area contributed by atoms with Gasteiger partial charge in [-0.2, -0.15) is 0 Å². The number of halogens is 1. The number of rotatable bonds is 6. The van der Waals surface area contributed by atoms with Gasteiger partial charge >= 0.3 is 5.97 Å². The maximum atomic E-state index is 11.9. The second-order valence-corrected chi connectivity index (χ2v) is 6.15. The number of carbonyl (C=O) groups excluding carboxylic acids is 3. The van der Waals surface area contributed by atoms with Crippen molar-refractivity contribution >= 4 is 35.1 Å². The summed E-state index contributed by atoms with van der Waals surface area (Å²) in [7, 11) is 0. The number of aryl methyl sites for hydroxylation is 2. The van der Waals surface area contributed by atoms with Crippen molar-refractivity contribution in [2.24, 2.45) is 0 Å². The Kier molecular flexibility index (Phi) is 6.74. The predicted octanol–water partition coefficient (Wildman–Crippen LogP) is 2.87. The minimum Gasteiger partial charge on any atom is -0.454 e. The standard InChI is InChI=1S/C19H19ClN2O4/c1-12-3-4-13(2)16(9-12)22-17(23)11-26-18(24)10-21-19(25)14-5-7-15(20)8-6-14/h3-9H,10-11H2,1-2H3,(H,21,25)(H,22,23). The molecule has 0 saturated heterocycles. The normalized spacial score (nSPS) is 10.1. The van der Waals surface area contributed by atoms with E-state index in [-0.39, 0.29) is 6.54 Å². The third kappa shape index (κ3) is 5.89. The summed E-state index contributed by atoms with van der Waals surface area (Å²) in [6.07, 6.45) is 0. The Morgan fingerprint density at radius 1 is 1.04 bits per heavy atom. The molecule has 0 aliphatic rings. The molecule has 2 rings (SSSR count). The SMILES string of the molecule is Cc1ccc(C)c(NC(=O)COC(=O)CNC(=O)c2ccc(Cl)cc2)c1. The highest BCUT2D eigenvalue weighted by Crippen LogP contribution is 2.16. The van der Waals surface area contributed by atoms with Gasteiger partial charge in [0.25, 0.3) is 11.8 Å². The van der Waals surface area contributed by atoms with Crippen molar-refractivity contribution in [1.29, 1.82) is 0 Å². The largest absolute Gasteiger partial charge is 0.454 e. The maximum Gasteiger partial charge on any atom is 0.325 e. The maximum absolute atomic E-state index is 11.9. The summed E-state index contributed by atoms with van der Waals surface area (Å²) >= 11 is 5.75. The number of carbonyl (C=O) groups is 3. The van der Waals surface area contributed by atoms with Crippen LogP contribution in [0.3, 0.4) is 0 Å². The van der Waals surface area contributed by atoms with Gasteiger partial charge in [0.05, 0.1) is 0 Å². The van der Waals surface area contributed by atoms with E-state index in [1.54, 1.807) is 24.3 Å². The molecule has 0 fully saturated rings. The van der Waals surface area contributed by atoms with Crippen LogP contribution >= 0.6 is 11.6 Å². The number of benzene rings is 2. The van der Waals surface area contributed by atoms with Crippen LogP contribution < -0.4 is 10.6 Å². The first-order chi connectivity index (χ1) is 12.3. The van der Waals surface area contributed by atoms with Gasteiger partial charge in [-0.3, -0.25) is 14.4 Å². The first-order valence-corrected chi connectivity index (χ1v) is 8.29. The van der Waals surface area contributed by atoms with Crippen LogP contribution in [-0.2, 0) is 14.3 Å². The Morgan fingerprint density at radius 3 is 2.42 bits per heavy atom. The molecular weight excluding hydrogens is 356 g/mol. The molecule has 0 unspecified atom stereocenters. The minimum absolute atomic E-state index is 0.335. The van der Waals surface area contributed by atoms with Gasteiger partial charge in [-0.1, -0.05) is 23.7 Å². The molecule has 0 heterocycles. The lowest BCUT2D eigenvalue weighted by Crippen LogP contribution is -2.32. The van der Waals surface area contributed by atoms with Crippen LogP contribution in [0.4, 0.5) is 5.69 Å². The first-order valence-electron chi connectivity index (χ1n) is 7.91. The summed E-state index contributed by atoms with van der Waals surface area (Å²) in [5.41, 5.74) is 2.95. The van der Waals surface area contributed by atoms with Crippen molar-refractivity contribution in [1.82, 2.24) is 5.32 Å². The van der Waals surface area contributed by atoms with Gasteiger partial charge < -0.3 is 15.4 Å². The van der Waals surface area contributed by atoms with E-state index >= 15 is 0 Å². The number of esters is 1. The monoisotopic (exact) mass is 374 g/mol. The quantitative estimate of drug-likeness (QED) is 0.761. The molecule has 2 amide bonds. The molecule has 6 nitrogen and oxygen atoms in total. The smallest absolute Gasteiger partial charge is 0.325 e. The van der Waals surface area contributed by atoms with Crippen LogP contribution in [0.15, 0.2) is 42.5 Å². The number of hydrogen-bond donors (Lipinski definition) is 2. The van der Waals surface area contributed by atoms with E-state index in [0.29, 0.717) is 16.3 Å². The van der Waals surface area contributed by atoms with E-state index in [9.17, 15) is 14.4 Å². The molecule has 0 atom stereocenters. The van der Waals surface area contributed by atoms with E-state index in [4.69, 9.17) is 16.3 Å². The summed E-state index contributed by atoms with van der Waals surface area (Å²) < 4.78 is 4.86. The van der Waals surface area contributed by atoms with Crippen molar-refractivity contribution < 1.29 is 19.1 Å². The molecule has 7 heteroatoms. The summed E-state index contributed by atoms with van der Waals surface area (Å²) in [5, 5.41) is 5.62. The minimum atomic E-state index is -0.705. The van der Waals surface area contributed by atoms with Gasteiger partial charge in [0.15, 0.2) is 6.61 Å². The van der Waals surface area contributed by atoms with Crippen molar-refractivity contribution in [3.63, 3.8) is 0 Å². The van der Waals surface area contributed by atoms with E-state index in [1.807, 2.05) is 32.0 Å². The number of ether oxygens (including phenoxy) is 1. The average Bonchev–Trinajstić information content (AvgIpc) is 2.61. The van der Waals surface area contributed by atoms with Crippen molar-refractivity contribution in [3.8, 4) is 0 Å². The molecule has 0 aliphatic heterocycles. The van der Waals surface area contributed by atoms with Crippen LogP contribution in [0.25, 0.3) is 0 Å². The lowest BCUT2D eigenvalue weighted by Gasteiger charge is -2.10. The first kappa shape index (κ1) is 19.5. The predicted molar refractivity (Wildman–Crippen MR) is 99.3 cm³/mol. The highest BCUT2D eigenvalue weighted by Gasteiger charge is 2.11. The summed E-state index contributed by atoms with van der Waals surface area (Å²) in [5.74, 6) is -1.59. The Bertz CT molecular complexity index is 819. The lowest BCUT2D eigenvalue weighted by atomic mass is 10.1. The van der Waals surface area contributed by atoms with E-state index in [0.717, 1.165) is 11.1 Å². The summed E-state index contributed by atoms with van der Waals surface area (Å²) in [6.45, 7) is 3.02. The molecule has 26 heavy (non-hydrogen) atoms. The molecule has 2 aromatic rings. The number of nitrogens with one attached hydrogen (secondary N) is 2. The third-order valence-electron chi connectivity index (χ3n) is 3.53. The number of hydrogen-bond acceptors (Lipinski definition) is 4. The number of anilines is 1. The zero-order chi connectivity index (χ0) is 19.1. The molecule has 0 saturated carbocycles. The third-order valence-corrected chi connectivity index (χ3v) is 3.78. The molecule has 0 aliphatic carbocycles. The molecular formula is C19H19ClN2O4. The highest BCUT2D eigenvalue weighted by atomic mass is 35.5. The van der Waals surface area contributed by atoms with Crippen LogP contribution in [0.1, 0.15) is 21.5 Å². The van der Waals surface area contributed by atoms with Gasteiger partial charge in [0.1, 0.15) is 6.54 Å². The van der Waals surface area contributed by atoms with E-state index in [1.165, 1.54) is 0 Å². The Balaban J connectivity index is 1.75. The van der Waals surface area contributed by atoms with Crippen molar-refractivity contribution in [2.45, 2.75) is 13.8 Å². The van der Waals surface area contributed by atoms with Crippen molar-refractivity contribution in [2.75, 3.05) is 18.5 Å². The van der Waals surface area contributed by atoms with Gasteiger partial charge in [-0.25, -0.2) is 0 Å². The number of amides is 2. The van der Waals surface area contributed by atoms with Crippen LogP contribution in [-0.4, -0.2) is 30.9 Å². The zero-order valence-corrected chi connectivity index (χ0v) is 15.2. The Morgan fingerprint density at radius 2 is 1.73 bits per heavy atom. The summed E-state index contributed by atoms with van der Waals surface area (Å²) in [4.78, 5) is 35.4. The Labute approximate surface area is 156 Å². The fraction of sp³-hybridized carbons (Fsp3) is 0.211. The van der Waals surface area contributed by atoms with Crippen LogP contribution in [0, 0.1) is 13.8 Å².